The lowest BCUT2D eigenvalue weighted by Crippen LogP contribution is -2.37. The van der Waals surface area contributed by atoms with Crippen molar-refractivity contribution in [1.29, 1.82) is 0 Å². The number of benzene rings is 2. The molecule has 1 aliphatic rings. The summed E-state index contributed by atoms with van der Waals surface area (Å²) in [6.45, 7) is 6.77. The summed E-state index contributed by atoms with van der Waals surface area (Å²) in [7, 11) is 1.95. The fourth-order valence-corrected chi connectivity index (χ4v) is 5.50. The van der Waals surface area contributed by atoms with Crippen molar-refractivity contribution in [2.75, 3.05) is 6.61 Å². The van der Waals surface area contributed by atoms with Gasteiger partial charge >= 0.3 is 5.97 Å². The first-order valence-electron chi connectivity index (χ1n) is 12.8. The van der Waals surface area contributed by atoms with Crippen molar-refractivity contribution in [3.8, 4) is 29.5 Å². The summed E-state index contributed by atoms with van der Waals surface area (Å²) in [5, 5.41) is 3.81. The second-order valence-corrected chi connectivity index (χ2v) is 10.2. The first-order chi connectivity index (χ1) is 17.8. The number of nitrogens with zero attached hydrogens (tertiary/aromatic N) is 5. The molecule has 0 radical (unpaired) electrons. The predicted octanol–water partition coefficient (Wildman–Crippen LogP) is 6.09. The summed E-state index contributed by atoms with van der Waals surface area (Å²) in [5.41, 5.74) is 12.1. The van der Waals surface area contributed by atoms with E-state index in [1.807, 2.05) is 46.5 Å². The van der Waals surface area contributed by atoms with Crippen LogP contribution in [0.2, 0.25) is 0 Å². The molecule has 0 bridgehead atoms. The van der Waals surface area contributed by atoms with Crippen molar-refractivity contribution < 1.29 is 18.8 Å². The normalized spacial score (nSPS) is 19.3. The molecular formula is C29H34N5O3+. The third kappa shape index (κ3) is 5.58. The average Bonchev–Trinajstić information content (AvgIpc) is 3.14. The predicted molar refractivity (Wildman–Crippen MR) is 143 cm³/mol. The number of hydrogen-bond acceptors (Lipinski definition) is 4. The van der Waals surface area contributed by atoms with Crippen LogP contribution in [0.4, 0.5) is 5.69 Å². The molecule has 3 aromatic rings. The number of rotatable bonds is 8. The van der Waals surface area contributed by atoms with Gasteiger partial charge in [-0.1, -0.05) is 50.4 Å². The molecule has 1 aromatic heterocycles. The van der Waals surface area contributed by atoms with Gasteiger partial charge in [0.05, 0.1) is 18.3 Å². The van der Waals surface area contributed by atoms with E-state index >= 15 is 0 Å². The van der Waals surface area contributed by atoms with Crippen LogP contribution < -0.4 is 9.30 Å². The third-order valence-electron chi connectivity index (χ3n) is 7.32. The number of azide groups is 1. The van der Waals surface area contributed by atoms with Crippen LogP contribution in [0, 0.1) is 30.1 Å². The van der Waals surface area contributed by atoms with E-state index < -0.39 is 0 Å². The summed E-state index contributed by atoms with van der Waals surface area (Å²) in [6.07, 6.45) is 8.41. The average molecular weight is 501 g/mol. The fraction of sp³-hybridized carbons (Fsp3) is 0.448. The minimum Gasteiger partial charge on any atom is -0.480 e. The highest BCUT2D eigenvalue weighted by molar-refractivity contribution is 5.80. The molecule has 192 valence electrons. The van der Waals surface area contributed by atoms with Crippen molar-refractivity contribution in [2.45, 2.75) is 52.7 Å². The molecule has 1 unspecified atom stereocenters. The summed E-state index contributed by atoms with van der Waals surface area (Å²) >= 11 is 0. The van der Waals surface area contributed by atoms with Crippen molar-refractivity contribution in [2.24, 2.45) is 29.9 Å². The molecule has 0 N–H and O–H groups in total. The molecule has 2 aromatic carbocycles. The van der Waals surface area contributed by atoms with E-state index in [1.54, 1.807) is 12.1 Å². The van der Waals surface area contributed by atoms with Crippen molar-refractivity contribution in [1.82, 2.24) is 4.57 Å². The second-order valence-electron chi connectivity index (χ2n) is 10.2. The number of para-hydroxylation sites is 2. The monoisotopic (exact) mass is 500 g/mol. The van der Waals surface area contributed by atoms with Gasteiger partial charge in [-0.25, -0.2) is 13.9 Å². The maximum absolute atomic E-state index is 13.4. The van der Waals surface area contributed by atoms with Gasteiger partial charge in [-0.2, -0.15) is 0 Å². The lowest BCUT2D eigenvalue weighted by atomic mass is 9.75. The largest absolute Gasteiger partial charge is 0.480 e. The number of carbonyl (C=O) groups is 1. The van der Waals surface area contributed by atoms with E-state index in [4.69, 9.17) is 21.4 Å². The molecule has 8 nitrogen and oxygen atoms in total. The first kappa shape index (κ1) is 26.1. The molecule has 1 aliphatic carbocycles. The van der Waals surface area contributed by atoms with Crippen LogP contribution in [-0.2, 0) is 23.1 Å². The number of aryl methyl sites for hydroxylation is 1. The standard InChI is InChI=1S/C29H34N5O3/c1-6-15-36-26-14-12-21(17-23(26)31-32-30)29-33(5)24-9-7-8-10-25(24)34(29)18-28(35)37-27-16-20(4)11-13-22(27)19(2)3/h1,7-10,12,14,17,19-20,22,27H,11,13,15-16,18H2,2-5H3/q+1/t20-,22+,27?/m1/s1. The molecule has 0 aliphatic heterocycles. The highest BCUT2D eigenvalue weighted by Gasteiger charge is 2.34. The minimum atomic E-state index is -0.253. The molecule has 0 amide bonds. The Balaban J connectivity index is 1.72. The Morgan fingerprint density at radius 3 is 2.81 bits per heavy atom. The van der Waals surface area contributed by atoms with Crippen molar-refractivity contribution in [3.05, 3.63) is 52.9 Å². The maximum atomic E-state index is 13.4. The molecule has 3 atom stereocenters. The Bertz CT molecular complexity index is 1380. The van der Waals surface area contributed by atoms with Crippen molar-refractivity contribution in [3.63, 3.8) is 0 Å². The fourth-order valence-electron chi connectivity index (χ4n) is 5.50. The Morgan fingerprint density at radius 1 is 1.30 bits per heavy atom. The Labute approximate surface area is 217 Å². The van der Waals surface area contributed by atoms with E-state index in [-0.39, 0.29) is 25.2 Å². The smallest absolute Gasteiger partial charge is 0.348 e. The summed E-state index contributed by atoms with van der Waals surface area (Å²) < 4.78 is 15.7. The summed E-state index contributed by atoms with van der Waals surface area (Å²) in [5.74, 6) is 4.73. The number of fused-ring (bicyclic) bond motifs is 1. The Morgan fingerprint density at radius 2 is 2.08 bits per heavy atom. The molecule has 8 heteroatoms. The first-order valence-corrected chi connectivity index (χ1v) is 12.8. The lowest BCUT2D eigenvalue weighted by molar-refractivity contribution is -0.634. The van der Waals surface area contributed by atoms with E-state index in [9.17, 15) is 4.79 Å². The molecule has 1 heterocycles. The summed E-state index contributed by atoms with van der Waals surface area (Å²) in [6, 6.07) is 13.3. The quantitative estimate of drug-likeness (QED) is 0.0935. The highest BCUT2D eigenvalue weighted by atomic mass is 16.5. The van der Waals surface area contributed by atoms with E-state index in [0.29, 0.717) is 29.2 Å². The Hall–Kier alpha value is -3.95. The van der Waals surface area contributed by atoms with Gasteiger partial charge in [0.1, 0.15) is 18.5 Å². The SMILES string of the molecule is C#CCOc1ccc(-c2n(CC(=O)OC3C[C@H](C)CC[C@H]3C(C)C)c3ccccc3[n+]2C)cc1N=[N+]=[N-]. The van der Waals surface area contributed by atoms with Gasteiger partial charge in [-0.15, -0.1) is 6.42 Å². The van der Waals surface area contributed by atoms with Gasteiger partial charge in [-0.3, -0.25) is 0 Å². The Kier molecular flexibility index (Phi) is 8.05. The van der Waals surface area contributed by atoms with Gasteiger partial charge in [-0.05, 0) is 66.5 Å². The minimum absolute atomic E-state index is 0.0599. The van der Waals surface area contributed by atoms with E-state index in [2.05, 4.69) is 36.7 Å². The topological polar surface area (TPSA) is 93.1 Å². The van der Waals surface area contributed by atoms with E-state index in [0.717, 1.165) is 35.3 Å². The highest BCUT2D eigenvalue weighted by Crippen LogP contribution is 2.36. The number of esters is 1. The van der Waals surface area contributed by atoms with Crippen LogP contribution in [0.25, 0.3) is 32.9 Å². The van der Waals surface area contributed by atoms with Crippen LogP contribution in [0.3, 0.4) is 0 Å². The maximum Gasteiger partial charge on any atom is 0.348 e. The zero-order chi connectivity index (χ0) is 26.5. The van der Waals surface area contributed by atoms with Crippen LogP contribution >= 0.6 is 0 Å². The number of carbonyl (C=O) groups excluding carboxylic acids is 1. The van der Waals surface area contributed by atoms with Gasteiger partial charge in [0, 0.05) is 4.91 Å². The van der Waals surface area contributed by atoms with Crippen LogP contribution in [0.5, 0.6) is 5.75 Å². The number of hydrogen-bond donors (Lipinski definition) is 0. The molecule has 37 heavy (non-hydrogen) atoms. The lowest BCUT2D eigenvalue weighted by Gasteiger charge is -2.36. The number of aromatic nitrogens is 2. The van der Waals surface area contributed by atoms with Gasteiger partial charge < -0.3 is 9.47 Å². The molecule has 1 saturated carbocycles. The number of imidazole rings is 1. The third-order valence-corrected chi connectivity index (χ3v) is 7.32. The number of terminal acetylenes is 1. The molecular weight excluding hydrogens is 466 g/mol. The van der Waals surface area contributed by atoms with Crippen LogP contribution in [0.15, 0.2) is 47.6 Å². The van der Waals surface area contributed by atoms with Gasteiger partial charge in [0.2, 0.25) is 0 Å². The van der Waals surface area contributed by atoms with Gasteiger partial charge in [0.15, 0.2) is 17.6 Å². The second kappa shape index (κ2) is 11.4. The van der Waals surface area contributed by atoms with Crippen LogP contribution in [0.1, 0.15) is 40.0 Å². The zero-order valence-electron chi connectivity index (χ0n) is 21.9. The number of ether oxygens (including phenoxy) is 2. The zero-order valence-corrected chi connectivity index (χ0v) is 21.9. The molecule has 1 fully saturated rings. The van der Waals surface area contributed by atoms with Crippen LogP contribution in [-0.4, -0.2) is 23.2 Å². The molecule has 0 saturated heterocycles. The molecule has 0 spiro atoms. The molecule has 4 rings (SSSR count). The van der Waals surface area contributed by atoms with Crippen molar-refractivity contribution >= 4 is 22.7 Å². The van der Waals surface area contributed by atoms with Gasteiger partial charge in [0.25, 0.3) is 5.82 Å². The van der Waals surface area contributed by atoms with E-state index in [1.165, 1.54) is 6.42 Å². The summed E-state index contributed by atoms with van der Waals surface area (Å²) in [4.78, 5) is 16.3.